The van der Waals surface area contributed by atoms with Crippen molar-refractivity contribution in [2.45, 2.75) is 52.1 Å². The number of benzene rings is 1. The second-order valence-corrected chi connectivity index (χ2v) is 5.71. The highest BCUT2D eigenvalue weighted by molar-refractivity contribution is 5.28. The van der Waals surface area contributed by atoms with E-state index in [0.29, 0.717) is 6.04 Å². The molecular weight excluding hydrogens is 220 g/mol. The van der Waals surface area contributed by atoms with E-state index in [9.17, 15) is 0 Å². The summed E-state index contributed by atoms with van der Waals surface area (Å²) in [5.74, 6) is 0. The Morgan fingerprint density at radius 2 is 1.83 bits per heavy atom. The Morgan fingerprint density at radius 1 is 1.11 bits per heavy atom. The molecule has 1 aliphatic heterocycles. The maximum absolute atomic E-state index is 5.93. The molecule has 1 unspecified atom stereocenters. The molecule has 0 bridgehead atoms. The van der Waals surface area contributed by atoms with Crippen molar-refractivity contribution < 1.29 is 0 Å². The molecule has 0 aliphatic carbocycles. The number of hydrogen-bond donors (Lipinski definition) is 1. The van der Waals surface area contributed by atoms with Crippen LogP contribution in [0.15, 0.2) is 18.2 Å². The van der Waals surface area contributed by atoms with E-state index in [1.54, 1.807) is 0 Å². The summed E-state index contributed by atoms with van der Waals surface area (Å²) in [4.78, 5) is 2.58. The maximum atomic E-state index is 5.93. The molecule has 0 aromatic heterocycles. The van der Waals surface area contributed by atoms with Gasteiger partial charge in [-0.3, -0.25) is 4.90 Å². The van der Waals surface area contributed by atoms with Gasteiger partial charge in [0.05, 0.1) is 0 Å². The lowest BCUT2D eigenvalue weighted by Crippen LogP contribution is -2.39. The van der Waals surface area contributed by atoms with E-state index in [1.165, 1.54) is 48.9 Å². The number of nitrogens with zero attached hydrogens (tertiary/aromatic N) is 1. The molecule has 0 radical (unpaired) electrons. The molecule has 1 aromatic rings. The van der Waals surface area contributed by atoms with Crippen LogP contribution in [-0.2, 0) is 6.54 Å². The Hall–Kier alpha value is -0.860. The highest BCUT2D eigenvalue weighted by Gasteiger charge is 2.19. The minimum atomic E-state index is 0.577. The first-order valence-electron chi connectivity index (χ1n) is 7.20. The van der Waals surface area contributed by atoms with Crippen LogP contribution in [0.5, 0.6) is 0 Å². The summed E-state index contributed by atoms with van der Waals surface area (Å²) in [5.41, 5.74) is 10.1. The fourth-order valence-corrected chi connectivity index (χ4v) is 3.11. The molecule has 2 nitrogen and oxygen atoms in total. The minimum absolute atomic E-state index is 0.577. The molecule has 18 heavy (non-hydrogen) atoms. The normalized spacial score (nSPS) is 21.8. The van der Waals surface area contributed by atoms with Gasteiger partial charge in [0.1, 0.15) is 0 Å². The van der Waals surface area contributed by atoms with Gasteiger partial charge in [0, 0.05) is 19.1 Å². The lowest BCUT2D eigenvalue weighted by atomic mass is 10.1. The van der Waals surface area contributed by atoms with Crippen molar-refractivity contribution in [3.63, 3.8) is 0 Å². The SMILES string of the molecule is Cc1cc(C)cc(CN2CCCCCC2CN)c1. The van der Waals surface area contributed by atoms with Gasteiger partial charge < -0.3 is 5.73 Å². The van der Waals surface area contributed by atoms with Gasteiger partial charge in [-0.2, -0.15) is 0 Å². The summed E-state index contributed by atoms with van der Waals surface area (Å²) in [6.45, 7) is 7.42. The van der Waals surface area contributed by atoms with Crippen molar-refractivity contribution in [2.75, 3.05) is 13.1 Å². The molecule has 2 N–H and O–H groups in total. The largest absolute Gasteiger partial charge is 0.329 e. The Balaban J connectivity index is 2.09. The van der Waals surface area contributed by atoms with E-state index < -0.39 is 0 Å². The first-order valence-corrected chi connectivity index (χ1v) is 7.20. The van der Waals surface area contributed by atoms with Crippen LogP contribution in [0.25, 0.3) is 0 Å². The van der Waals surface area contributed by atoms with E-state index in [1.807, 2.05) is 0 Å². The molecule has 1 aromatic carbocycles. The van der Waals surface area contributed by atoms with Gasteiger partial charge in [-0.1, -0.05) is 42.2 Å². The van der Waals surface area contributed by atoms with E-state index in [-0.39, 0.29) is 0 Å². The molecule has 1 heterocycles. The highest BCUT2D eigenvalue weighted by Crippen LogP contribution is 2.19. The standard InChI is InChI=1S/C16H26N2/c1-13-8-14(2)10-15(9-13)12-18-7-5-3-4-6-16(18)11-17/h8-10,16H,3-7,11-12,17H2,1-2H3. The van der Waals surface area contributed by atoms with Crippen LogP contribution in [0.3, 0.4) is 0 Å². The average molecular weight is 246 g/mol. The molecule has 1 atom stereocenters. The van der Waals surface area contributed by atoms with Gasteiger partial charge in [0.2, 0.25) is 0 Å². The molecule has 2 rings (SSSR count). The third-order valence-corrected chi connectivity index (χ3v) is 3.94. The summed E-state index contributed by atoms with van der Waals surface area (Å²) in [6.07, 6.45) is 5.29. The predicted molar refractivity (Wildman–Crippen MR) is 77.6 cm³/mol. The average Bonchev–Trinajstić information content (AvgIpc) is 2.52. The van der Waals surface area contributed by atoms with E-state index >= 15 is 0 Å². The quantitative estimate of drug-likeness (QED) is 0.888. The lowest BCUT2D eigenvalue weighted by Gasteiger charge is -2.29. The molecular formula is C16H26N2. The maximum Gasteiger partial charge on any atom is 0.0237 e. The summed E-state index contributed by atoms with van der Waals surface area (Å²) in [6, 6.07) is 7.44. The van der Waals surface area contributed by atoms with Crippen LogP contribution in [0, 0.1) is 13.8 Å². The van der Waals surface area contributed by atoms with Crippen LogP contribution in [0.2, 0.25) is 0 Å². The molecule has 0 spiro atoms. The molecule has 0 saturated carbocycles. The Kier molecular flexibility index (Phi) is 4.79. The van der Waals surface area contributed by atoms with Crippen molar-refractivity contribution in [1.29, 1.82) is 0 Å². The van der Waals surface area contributed by atoms with Gasteiger partial charge in [-0.05, 0) is 38.8 Å². The van der Waals surface area contributed by atoms with E-state index in [2.05, 4.69) is 36.9 Å². The lowest BCUT2D eigenvalue weighted by molar-refractivity contribution is 0.195. The van der Waals surface area contributed by atoms with Gasteiger partial charge in [0.15, 0.2) is 0 Å². The zero-order valence-electron chi connectivity index (χ0n) is 11.8. The summed E-state index contributed by atoms with van der Waals surface area (Å²) >= 11 is 0. The van der Waals surface area contributed by atoms with Gasteiger partial charge in [0.25, 0.3) is 0 Å². The highest BCUT2D eigenvalue weighted by atomic mass is 15.2. The zero-order chi connectivity index (χ0) is 13.0. The van der Waals surface area contributed by atoms with E-state index in [4.69, 9.17) is 5.73 Å². The Labute approximate surface area is 111 Å². The molecule has 1 fully saturated rings. The summed E-state index contributed by atoms with van der Waals surface area (Å²) < 4.78 is 0. The second-order valence-electron chi connectivity index (χ2n) is 5.71. The third kappa shape index (κ3) is 3.56. The zero-order valence-corrected chi connectivity index (χ0v) is 11.8. The number of hydrogen-bond acceptors (Lipinski definition) is 2. The second kappa shape index (κ2) is 6.35. The van der Waals surface area contributed by atoms with Crippen molar-refractivity contribution in [3.8, 4) is 0 Å². The molecule has 2 heteroatoms. The van der Waals surface area contributed by atoms with Gasteiger partial charge in [-0.25, -0.2) is 0 Å². The smallest absolute Gasteiger partial charge is 0.0237 e. The van der Waals surface area contributed by atoms with Gasteiger partial charge in [-0.15, -0.1) is 0 Å². The minimum Gasteiger partial charge on any atom is -0.329 e. The molecule has 1 saturated heterocycles. The Morgan fingerprint density at radius 3 is 2.50 bits per heavy atom. The first-order chi connectivity index (χ1) is 8.69. The van der Waals surface area contributed by atoms with Crippen LogP contribution >= 0.6 is 0 Å². The summed E-state index contributed by atoms with van der Waals surface area (Å²) in [5, 5.41) is 0. The number of nitrogens with two attached hydrogens (primary N) is 1. The van der Waals surface area contributed by atoms with E-state index in [0.717, 1.165) is 13.1 Å². The van der Waals surface area contributed by atoms with Crippen molar-refractivity contribution in [3.05, 3.63) is 34.9 Å². The van der Waals surface area contributed by atoms with Crippen LogP contribution in [-0.4, -0.2) is 24.0 Å². The number of aryl methyl sites for hydroxylation is 2. The van der Waals surface area contributed by atoms with Crippen LogP contribution in [0.1, 0.15) is 42.4 Å². The van der Waals surface area contributed by atoms with Crippen molar-refractivity contribution >= 4 is 0 Å². The van der Waals surface area contributed by atoms with Gasteiger partial charge >= 0.3 is 0 Å². The third-order valence-electron chi connectivity index (χ3n) is 3.94. The molecule has 100 valence electrons. The molecule has 0 amide bonds. The first kappa shape index (κ1) is 13.6. The van der Waals surface area contributed by atoms with Crippen LogP contribution < -0.4 is 5.73 Å². The fourth-order valence-electron chi connectivity index (χ4n) is 3.11. The van der Waals surface area contributed by atoms with Crippen molar-refractivity contribution in [2.24, 2.45) is 5.73 Å². The predicted octanol–water partition coefficient (Wildman–Crippen LogP) is 3.01. The van der Waals surface area contributed by atoms with Crippen molar-refractivity contribution in [1.82, 2.24) is 4.90 Å². The monoisotopic (exact) mass is 246 g/mol. The summed E-state index contributed by atoms with van der Waals surface area (Å²) in [7, 11) is 0. The van der Waals surface area contributed by atoms with Crippen LogP contribution in [0.4, 0.5) is 0 Å². The number of likely N-dealkylation sites (tertiary alicyclic amines) is 1. The molecule has 1 aliphatic rings. The topological polar surface area (TPSA) is 29.3 Å². The Bertz CT molecular complexity index is 366. The number of rotatable bonds is 3. The fraction of sp³-hybridized carbons (Fsp3) is 0.625.